The highest BCUT2D eigenvalue weighted by Gasteiger charge is 2.20. The second kappa shape index (κ2) is 5.76. The van der Waals surface area contributed by atoms with Crippen molar-refractivity contribution in [1.82, 2.24) is 0 Å². The average molecular weight is 248 g/mol. The van der Waals surface area contributed by atoms with E-state index in [1.54, 1.807) is 25.1 Å². The van der Waals surface area contributed by atoms with E-state index in [4.69, 9.17) is 10.5 Å². The molecule has 1 saturated carbocycles. The normalized spacial score (nSPS) is 15.6. The molecule has 1 aliphatic carbocycles. The minimum absolute atomic E-state index is 0.315. The molecule has 0 atom stereocenters. The Labute approximate surface area is 108 Å². The molecular weight excluding hydrogens is 228 g/mol. The third-order valence-corrected chi connectivity index (χ3v) is 3.30. The number of anilines is 2. The molecule has 0 heterocycles. The number of nitrogens with one attached hydrogen (secondary N) is 1. The number of hydrogen-bond acceptors (Lipinski definition) is 4. The van der Waals surface area contributed by atoms with E-state index in [9.17, 15) is 4.79 Å². The van der Waals surface area contributed by atoms with Gasteiger partial charge in [-0.25, -0.2) is 4.79 Å². The van der Waals surface area contributed by atoms with Crippen molar-refractivity contribution in [3.05, 3.63) is 23.8 Å². The summed E-state index contributed by atoms with van der Waals surface area (Å²) >= 11 is 0. The fraction of sp³-hybridized carbons (Fsp3) is 0.500. The molecule has 1 aromatic carbocycles. The summed E-state index contributed by atoms with van der Waals surface area (Å²) in [6.07, 6.45) is 4.74. The van der Waals surface area contributed by atoms with Gasteiger partial charge >= 0.3 is 5.97 Å². The Kier molecular flexibility index (Phi) is 4.07. The predicted octanol–water partition coefficient (Wildman–Crippen LogP) is 2.80. The maximum Gasteiger partial charge on any atom is 0.340 e. The molecule has 1 fully saturated rings. The van der Waals surface area contributed by atoms with E-state index >= 15 is 0 Å². The molecule has 4 heteroatoms. The molecule has 0 aliphatic heterocycles. The Morgan fingerprint density at radius 2 is 2.17 bits per heavy atom. The van der Waals surface area contributed by atoms with E-state index < -0.39 is 0 Å². The van der Waals surface area contributed by atoms with Gasteiger partial charge in [-0.2, -0.15) is 0 Å². The Morgan fingerprint density at radius 1 is 1.44 bits per heavy atom. The number of hydrogen-bond donors (Lipinski definition) is 2. The van der Waals surface area contributed by atoms with Gasteiger partial charge in [0, 0.05) is 6.04 Å². The fourth-order valence-corrected chi connectivity index (χ4v) is 2.38. The number of ether oxygens (including phenoxy) is 1. The van der Waals surface area contributed by atoms with Gasteiger partial charge in [-0.1, -0.05) is 18.9 Å². The van der Waals surface area contributed by atoms with Crippen LogP contribution in [0.1, 0.15) is 43.0 Å². The molecule has 98 valence electrons. The first-order valence-electron chi connectivity index (χ1n) is 6.54. The number of carbonyl (C=O) groups excluding carboxylic acids is 1. The third-order valence-electron chi connectivity index (χ3n) is 3.30. The molecule has 0 amide bonds. The van der Waals surface area contributed by atoms with Crippen LogP contribution in [0.4, 0.5) is 11.4 Å². The van der Waals surface area contributed by atoms with Gasteiger partial charge in [0.15, 0.2) is 0 Å². The lowest BCUT2D eigenvalue weighted by Gasteiger charge is -2.18. The highest BCUT2D eigenvalue weighted by molar-refractivity contribution is 5.98. The quantitative estimate of drug-likeness (QED) is 0.635. The molecule has 0 saturated heterocycles. The molecule has 1 aromatic rings. The number of carbonyl (C=O) groups is 1. The van der Waals surface area contributed by atoms with Crippen molar-refractivity contribution in [2.75, 3.05) is 17.7 Å². The zero-order valence-electron chi connectivity index (χ0n) is 10.7. The zero-order valence-corrected chi connectivity index (χ0v) is 10.7. The van der Waals surface area contributed by atoms with Crippen molar-refractivity contribution in [2.24, 2.45) is 0 Å². The summed E-state index contributed by atoms with van der Waals surface area (Å²) in [5.41, 5.74) is 7.82. The maximum absolute atomic E-state index is 11.9. The van der Waals surface area contributed by atoms with Crippen molar-refractivity contribution >= 4 is 17.3 Å². The molecule has 4 nitrogen and oxygen atoms in total. The average Bonchev–Trinajstić information content (AvgIpc) is 2.85. The molecule has 3 N–H and O–H groups in total. The molecular formula is C14H20N2O2. The highest BCUT2D eigenvalue weighted by Crippen LogP contribution is 2.29. The molecule has 1 aliphatic rings. The summed E-state index contributed by atoms with van der Waals surface area (Å²) in [7, 11) is 0. The maximum atomic E-state index is 11.9. The van der Waals surface area contributed by atoms with Crippen molar-refractivity contribution in [3.63, 3.8) is 0 Å². The zero-order chi connectivity index (χ0) is 13.0. The van der Waals surface area contributed by atoms with Crippen molar-refractivity contribution in [1.29, 1.82) is 0 Å². The number of nitrogen functional groups attached to an aromatic ring is 1. The van der Waals surface area contributed by atoms with Gasteiger partial charge in [0.25, 0.3) is 0 Å². The van der Waals surface area contributed by atoms with Gasteiger partial charge in [0.05, 0.1) is 23.5 Å². The second-order valence-corrected chi connectivity index (χ2v) is 4.62. The molecule has 2 rings (SSSR count). The second-order valence-electron chi connectivity index (χ2n) is 4.62. The van der Waals surface area contributed by atoms with Gasteiger partial charge in [-0.3, -0.25) is 0 Å². The topological polar surface area (TPSA) is 64.3 Å². The van der Waals surface area contributed by atoms with Crippen LogP contribution in [-0.4, -0.2) is 18.6 Å². The van der Waals surface area contributed by atoms with Crippen LogP contribution in [0.25, 0.3) is 0 Å². The number of para-hydroxylation sites is 1. The van der Waals surface area contributed by atoms with Crippen LogP contribution in [0, 0.1) is 0 Å². The summed E-state index contributed by atoms with van der Waals surface area (Å²) in [5.74, 6) is -0.315. The predicted molar refractivity (Wildman–Crippen MR) is 72.7 cm³/mol. The summed E-state index contributed by atoms with van der Waals surface area (Å²) in [5, 5.41) is 3.39. The van der Waals surface area contributed by atoms with Crippen LogP contribution in [0.5, 0.6) is 0 Å². The van der Waals surface area contributed by atoms with Gasteiger partial charge in [-0.15, -0.1) is 0 Å². The molecule has 0 radical (unpaired) electrons. The Morgan fingerprint density at radius 3 is 2.83 bits per heavy atom. The first-order valence-corrected chi connectivity index (χ1v) is 6.54. The lowest BCUT2D eigenvalue weighted by atomic mass is 10.1. The lowest BCUT2D eigenvalue weighted by Crippen LogP contribution is -2.19. The number of rotatable bonds is 4. The van der Waals surface area contributed by atoms with Crippen molar-refractivity contribution < 1.29 is 9.53 Å². The molecule has 0 aromatic heterocycles. The standard InChI is InChI=1S/C14H20N2O2/c1-2-18-14(17)11-8-5-9-12(15)13(11)16-10-6-3-4-7-10/h5,8-10,16H,2-4,6-7,15H2,1H3. The van der Waals surface area contributed by atoms with Crippen LogP contribution in [0.2, 0.25) is 0 Å². The smallest absolute Gasteiger partial charge is 0.340 e. The summed E-state index contributed by atoms with van der Waals surface area (Å²) < 4.78 is 5.05. The van der Waals surface area contributed by atoms with Crippen LogP contribution in [0.3, 0.4) is 0 Å². The van der Waals surface area contributed by atoms with Crippen LogP contribution in [-0.2, 0) is 4.74 Å². The monoisotopic (exact) mass is 248 g/mol. The number of nitrogens with two attached hydrogens (primary N) is 1. The largest absolute Gasteiger partial charge is 0.462 e. The molecule has 0 unspecified atom stereocenters. The van der Waals surface area contributed by atoms with E-state index in [0.29, 0.717) is 23.9 Å². The van der Waals surface area contributed by atoms with Crippen molar-refractivity contribution in [3.8, 4) is 0 Å². The van der Waals surface area contributed by atoms with E-state index in [0.717, 1.165) is 18.5 Å². The van der Waals surface area contributed by atoms with Crippen molar-refractivity contribution in [2.45, 2.75) is 38.6 Å². The summed E-state index contributed by atoms with van der Waals surface area (Å²) in [4.78, 5) is 11.9. The number of esters is 1. The molecule has 0 bridgehead atoms. The summed E-state index contributed by atoms with van der Waals surface area (Å²) in [6, 6.07) is 5.76. The third kappa shape index (κ3) is 2.75. The van der Waals surface area contributed by atoms with Crippen LogP contribution in [0.15, 0.2) is 18.2 Å². The Bertz CT molecular complexity index is 426. The van der Waals surface area contributed by atoms with Crippen LogP contribution < -0.4 is 11.1 Å². The first-order chi connectivity index (χ1) is 8.72. The van der Waals surface area contributed by atoms with E-state index in [1.165, 1.54) is 12.8 Å². The minimum atomic E-state index is -0.315. The molecule has 0 spiro atoms. The first kappa shape index (κ1) is 12.7. The van der Waals surface area contributed by atoms with E-state index in [2.05, 4.69) is 5.32 Å². The van der Waals surface area contributed by atoms with Gasteiger partial charge in [0.1, 0.15) is 0 Å². The minimum Gasteiger partial charge on any atom is -0.462 e. The van der Waals surface area contributed by atoms with E-state index in [1.807, 2.05) is 0 Å². The van der Waals surface area contributed by atoms with E-state index in [-0.39, 0.29) is 5.97 Å². The summed E-state index contributed by atoms with van der Waals surface area (Å²) in [6.45, 7) is 2.17. The lowest BCUT2D eigenvalue weighted by molar-refractivity contribution is 0.0527. The van der Waals surface area contributed by atoms with Crippen LogP contribution >= 0.6 is 0 Å². The number of benzene rings is 1. The SMILES string of the molecule is CCOC(=O)c1cccc(N)c1NC1CCCC1. The van der Waals surface area contributed by atoms with Gasteiger partial charge < -0.3 is 15.8 Å². The Hall–Kier alpha value is -1.71. The molecule has 18 heavy (non-hydrogen) atoms. The fourth-order valence-electron chi connectivity index (χ4n) is 2.38. The van der Waals surface area contributed by atoms with Gasteiger partial charge in [0.2, 0.25) is 0 Å². The van der Waals surface area contributed by atoms with Gasteiger partial charge in [-0.05, 0) is 31.9 Å². The Balaban J connectivity index is 2.22. The highest BCUT2D eigenvalue weighted by atomic mass is 16.5.